The summed E-state index contributed by atoms with van der Waals surface area (Å²) < 4.78 is 21.5. The molecule has 5 heteroatoms. The predicted molar refractivity (Wildman–Crippen MR) is 67.5 cm³/mol. The average Bonchev–Trinajstić information content (AvgIpc) is 2.63. The van der Waals surface area contributed by atoms with Crippen LogP contribution in [0.5, 0.6) is 5.75 Å². The number of nitrogens with zero attached hydrogens (tertiary/aromatic N) is 2. The van der Waals surface area contributed by atoms with Gasteiger partial charge in [0, 0.05) is 12.6 Å². The van der Waals surface area contributed by atoms with Crippen molar-refractivity contribution in [3.05, 3.63) is 34.9 Å². The first-order valence-corrected chi connectivity index (χ1v) is 6.02. The summed E-state index contributed by atoms with van der Waals surface area (Å²) in [5, 5.41) is 0. The molecule has 0 saturated heterocycles. The van der Waals surface area contributed by atoms with Crippen LogP contribution in [-0.2, 0) is 7.05 Å². The van der Waals surface area contributed by atoms with Crippen molar-refractivity contribution in [1.82, 2.24) is 9.55 Å². The Kier molecular flexibility index (Phi) is 3.47. The summed E-state index contributed by atoms with van der Waals surface area (Å²) in [5.41, 5.74) is 1.44. The lowest BCUT2D eigenvalue weighted by Gasteiger charge is -2.06. The van der Waals surface area contributed by atoms with Gasteiger partial charge in [-0.2, -0.15) is 0 Å². The zero-order valence-corrected chi connectivity index (χ0v) is 11.2. The van der Waals surface area contributed by atoms with E-state index in [0.29, 0.717) is 6.61 Å². The SMILES string of the molecule is CCOc1ccc(-c2ncn(C)c2Br)cc1F. The summed E-state index contributed by atoms with van der Waals surface area (Å²) in [5.74, 6) is -0.106. The standard InChI is InChI=1S/C12H12BrFN2O/c1-3-17-10-5-4-8(6-9(10)14)11-12(13)16(2)7-15-11/h4-7H,3H2,1-2H3. The Morgan fingerprint density at radius 1 is 1.47 bits per heavy atom. The maximum absolute atomic E-state index is 13.7. The van der Waals surface area contributed by atoms with Gasteiger partial charge in [0.15, 0.2) is 11.6 Å². The fourth-order valence-electron chi connectivity index (χ4n) is 1.53. The van der Waals surface area contributed by atoms with Gasteiger partial charge in [0.1, 0.15) is 10.3 Å². The van der Waals surface area contributed by atoms with E-state index in [1.165, 1.54) is 6.07 Å². The average molecular weight is 299 g/mol. The molecule has 0 aliphatic carbocycles. The van der Waals surface area contributed by atoms with Gasteiger partial charge in [0.25, 0.3) is 0 Å². The molecular weight excluding hydrogens is 287 g/mol. The smallest absolute Gasteiger partial charge is 0.165 e. The zero-order chi connectivity index (χ0) is 12.4. The van der Waals surface area contributed by atoms with E-state index < -0.39 is 0 Å². The molecule has 1 aromatic heterocycles. The molecule has 1 aromatic carbocycles. The van der Waals surface area contributed by atoms with Crippen molar-refractivity contribution in [3.8, 4) is 17.0 Å². The van der Waals surface area contributed by atoms with E-state index in [1.54, 1.807) is 18.5 Å². The van der Waals surface area contributed by atoms with Crippen molar-refractivity contribution >= 4 is 15.9 Å². The van der Waals surface area contributed by atoms with E-state index in [9.17, 15) is 4.39 Å². The number of benzene rings is 1. The van der Waals surface area contributed by atoms with Gasteiger partial charge in [-0.25, -0.2) is 9.37 Å². The normalized spacial score (nSPS) is 10.6. The fraction of sp³-hybridized carbons (Fsp3) is 0.250. The van der Waals surface area contributed by atoms with E-state index in [0.717, 1.165) is 15.9 Å². The first kappa shape index (κ1) is 12.1. The van der Waals surface area contributed by atoms with Crippen LogP contribution in [0.15, 0.2) is 29.1 Å². The number of aromatic nitrogens is 2. The molecule has 2 aromatic rings. The highest BCUT2D eigenvalue weighted by Gasteiger charge is 2.11. The minimum Gasteiger partial charge on any atom is -0.491 e. The van der Waals surface area contributed by atoms with E-state index >= 15 is 0 Å². The molecule has 0 spiro atoms. The molecule has 0 amide bonds. The molecule has 0 unspecified atom stereocenters. The molecule has 0 saturated carbocycles. The number of halogens is 2. The Morgan fingerprint density at radius 3 is 2.76 bits per heavy atom. The predicted octanol–water partition coefficient (Wildman–Crippen LogP) is 3.39. The van der Waals surface area contributed by atoms with Gasteiger partial charge in [-0.05, 0) is 41.1 Å². The third-order valence-corrected chi connectivity index (χ3v) is 3.31. The molecule has 0 bridgehead atoms. The van der Waals surface area contributed by atoms with Crippen LogP contribution in [0.25, 0.3) is 11.3 Å². The van der Waals surface area contributed by atoms with Crippen molar-refractivity contribution in [2.75, 3.05) is 6.61 Å². The minimum atomic E-state index is -0.373. The largest absolute Gasteiger partial charge is 0.491 e. The lowest BCUT2D eigenvalue weighted by molar-refractivity contribution is 0.321. The Balaban J connectivity index is 2.41. The summed E-state index contributed by atoms with van der Waals surface area (Å²) in [4.78, 5) is 4.21. The van der Waals surface area contributed by atoms with Crippen LogP contribution in [0.2, 0.25) is 0 Å². The molecule has 0 radical (unpaired) electrons. The van der Waals surface area contributed by atoms with Crippen LogP contribution in [0, 0.1) is 5.82 Å². The van der Waals surface area contributed by atoms with Crippen molar-refractivity contribution < 1.29 is 9.13 Å². The van der Waals surface area contributed by atoms with Crippen LogP contribution < -0.4 is 4.74 Å². The highest BCUT2D eigenvalue weighted by Crippen LogP contribution is 2.29. The topological polar surface area (TPSA) is 27.1 Å². The zero-order valence-electron chi connectivity index (χ0n) is 9.58. The van der Waals surface area contributed by atoms with Crippen molar-refractivity contribution in [2.24, 2.45) is 7.05 Å². The molecule has 1 heterocycles. The molecule has 0 N–H and O–H groups in total. The number of hydrogen-bond acceptors (Lipinski definition) is 2. The van der Waals surface area contributed by atoms with Crippen molar-refractivity contribution in [2.45, 2.75) is 6.92 Å². The summed E-state index contributed by atoms with van der Waals surface area (Å²) in [6.07, 6.45) is 1.67. The summed E-state index contributed by atoms with van der Waals surface area (Å²) >= 11 is 3.41. The number of aryl methyl sites for hydroxylation is 1. The fourth-order valence-corrected chi connectivity index (χ4v) is 1.95. The maximum atomic E-state index is 13.7. The van der Waals surface area contributed by atoms with Crippen LogP contribution in [0.1, 0.15) is 6.92 Å². The number of ether oxygens (including phenoxy) is 1. The van der Waals surface area contributed by atoms with Crippen molar-refractivity contribution in [3.63, 3.8) is 0 Å². The highest BCUT2D eigenvalue weighted by atomic mass is 79.9. The number of rotatable bonds is 3. The second-order valence-electron chi connectivity index (χ2n) is 3.57. The molecule has 0 aliphatic heterocycles. The summed E-state index contributed by atoms with van der Waals surface area (Å²) in [7, 11) is 1.87. The van der Waals surface area contributed by atoms with Gasteiger partial charge in [-0.3, -0.25) is 0 Å². The lowest BCUT2D eigenvalue weighted by atomic mass is 10.1. The minimum absolute atomic E-state index is 0.267. The van der Waals surface area contributed by atoms with Gasteiger partial charge in [0.2, 0.25) is 0 Å². The second-order valence-corrected chi connectivity index (χ2v) is 4.32. The van der Waals surface area contributed by atoms with E-state index in [4.69, 9.17) is 4.74 Å². The second kappa shape index (κ2) is 4.87. The van der Waals surface area contributed by atoms with E-state index in [2.05, 4.69) is 20.9 Å². The summed E-state index contributed by atoms with van der Waals surface area (Å²) in [6, 6.07) is 4.84. The molecule has 0 atom stereocenters. The Hall–Kier alpha value is -1.36. The molecule has 90 valence electrons. The van der Waals surface area contributed by atoms with Crippen LogP contribution >= 0.6 is 15.9 Å². The monoisotopic (exact) mass is 298 g/mol. The molecule has 2 rings (SSSR count). The third-order valence-electron chi connectivity index (χ3n) is 2.37. The third kappa shape index (κ3) is 2.34. The molecule has 0 fully saturated rings. The van der Waals surface area contributed by atoms with E-state index in [-0.39, 0.29) is 11.6 Å². The van der Waals surface area contributed by atoms with Crippen LogP contribution in [0.3, 0.4) is 0 Å². The first-order valence-electron chi connectivity index (χ1n) is 5.23. The maximum Gasteiger partial charge on any atom is 0.165 e. The Labute approximate surface area is 107 Å². The number of hydrogen-bond donors (Lipinski definition) is 0. The first-order chi connectivity index (χ1) is 8.13. The van der Waals surface area contributed by atoms with E-state index in [1.807, 2.05) is 18.5 Å². The van der Waals surface area contributed by atoms with Gasteiger partial charge in [-0.1, -0.05) is 0 Å². The quantitative estimate of drug-likeness (QED) is 0.868. The molecular formula is C12H12BrFN2O. The van der Waals surface area contributed by atoms with Gasteiger partial charge in [0.05, 0.1) is 12.9 Å². The summed E-state index contributed by atoms with van der Waals surface area (Å²) in [6.45, 7) is 2.27. The molecule has 3 nitrogen and oxygen atoms in total. The lowest BCUT2D eigenvalue weighted by Crippen LogP contribution is -1.94. The van der Waals surface area contributed by atoms with Gasteiger partial charge in [-0.15, -0.1) is 0 Å². The Bertz CT molecular complexity index is 539. The van der Waals surface area contributed by atoms with Crippen molar-refractivity contribution in [1.29, 1.82) is 0 Å². The van der Waals surface area contributed by atoms with Gasteiger partial charge < -0.3 is 9.30 Å². The van der Waals surface area contributed by atoms with Crippen LogP contribution in [0.4, 0.5) is 4.39 Å². The molecule has 0 aliphatic rings. The highest BCUT2D eigenvalue weighted by molar-refractivity contribution is 9.10. The van der Waals surface area contributed by atoms with Gasteiger partial charge >= 0.3 is 0 Å². The number of imidazole rings is 1. The Morgan fingerprint density at radius 2 is 2.24 bits per heavy atom. The van der Waals surface area contributed by atoms with Crippen LogP contribution in [-0.4, -0.2) is 16.2 Å². The molecule has 17 heavy (non-hydrogen) atoms.